The van der Waals surface area contributed by atoms with E-state index in [1.807, 2.05) is 27.7 Å². The van der Waals surface area contributed by atoms with Gasteiger partial charge in [-0.1, -0.05) is 27.7 Å². The predicted molar refractivity (Wildman–Crippen MR) is 61.5 cm³/mol. The van der Waals surface area contributed by atoms with Crippen LogP contribution in [0.4, 0.5) is 0 Å². The molecule has 1 N–H and O–H groups in total. The third-order valence-corrected chi connectivity index (χ3v) is 2.43. The molecule has 0 spiro atoms. The zero-order valence-electron chi connectivity index (χ0n) is 10.2. The van der Waals surface area contributed by atoms with Crippen molar-refractivity contribution in [2.45, 2.75) is 46.0 Å². The molecule has 0 saturated carbocycles. The van der Waals surface area contributed by atoms with Crippen LogP contribution >= 0.6 is 0 Å². The molecule has 0 saturated heterocycles. The maximum Gasteiger partial charge on any atom is 0.307 e. The van der Waals surface area contributed by atoms with Gasteiger partial charge in [-0.05, 0) is 11.8 Å². The Balaban J connectivity index is 3.28. The molecule has 4 heteroatoms. The third kappa shape index (κ3) is 2.78. The lowest BCUT2D eigenvalue weighted by Gasteiger charge is -2.15. The molecule has 0 bridgehead atoms. The van der Waals surface area contributed by atoms with Crippen molar-refractivity contribution in [3.63, 3.8) is 0 Å². The zero-order valence-corrected chi connectivity index (χ0v) is 10.2. The molecule has 0 atom stereocenters. The van der Waals surface area contributed by atoms with E-state index >= 15 is 0 Å². The first kappa shape index (κ1) is 12.6. The predicted octanol–water partition coefficient (Wildman–Crippen LogP) is 2.35. The third-order valence-electron chi connectivity index (χ3n) is 2.43. The highest BCUT2D eigenvalue weighted by Crippen LogP contribution is 2.24. The van der Waals surface area contributed by atoms with Crippen molar-refractivity contribution in [2.24, 2.45) is 0 Å². The summed E-state index contributed by atoms with van der Waals surface area (Å²) in [4.78, 5) is 19.3. The van der Waals surface area contributed by atoms with E-state index in [9.17, 15) is 4.79 Å². The van der Waals surface area contributed by atoms with Gasteiger partial charge < -0.3 is 5.11 Å². The maximum absolute atomic E-state index is 10.9. The first-order valence-electron chi connectivity index (χ1n) is 5.49. The van der Waals surface area contributed by atoms with Crippen molar-refractivity contribution >= 4 is 5.97 Å². The fraction of sp³-hybridized carbons (Fsp3) is 0.583. The molecule has 1 rings (SSSR count). The largest absolute Gasteiger partial charge is 0.481 e. The SMILES string of the molecule is CC(C)c1ncnc(C(C)C)c1CC(=O)O. The summed E-state index contributed by atoms with van der Waals surface area (Å²) in [5.74, 6) is -0.400. The highest BCUT2D eigenvalue weighted by molar-refractivity contribution is 5.71. The lowest BCUT2D eigenvalue weighted by molar-refractivity contribution is -0.136. The number of carboxylic acid groups (broad SMARTS) is 1. The number of nitrogens with zero attached hydrogens (tertiary/aromatic N) is 2. The lowest BCUT2D eigenvalue weighted by Crippen LogP contribution is -2.12. The molecule has 1 aromatic heterocycles. The second-order valence-electron chi connectivity index (χ2n) is 4.50. The van der Waals surface area contributed by atoms with E-state index in [2.05, 4.69) is 9.97 Å². The standard InChI is InChI=1S/C12H18N2O2/c1-7(2)11-9(5-10(15)16)12(8(3)4)14-6-13-11/h6-8H,5H2,1-4H3,(H,15,16). The summed E-state index contributed by atoms with van der Waals surface area (Å²) in [6, 6.07) is 0. The van der Waals surface area contributed by atoms with Crippen LogP contribution in [0.5, 0.6) is 0 Å². The quantitative estimate of drug-likeness (QED) is 0.849. The van der Waals surface area contributed by atoms with E-state index < -0.39 is 5.97 Å². The lowest BCUT2D eigenvalue weighted by atomic mass is 9.95. The van der Waals surface area contributed by atoms with E-state index in [1.165, 1.54) is 6.33 Å². The second-order valence-corrected chi connectivity index (χ2v) is 4.50. The van der Waals surface area contributed by atoms with Crippen molar-refractivity contribution < 1.29 is 9.90 Å². The second kappa shape index (κ2) is 5.05. The molecule has 0 aliphatic carbocycles. The van der Waals surface area contributed by atoms with Crippen LogP contribution in [0.15, 0.2) is 6.33 Å². The summed E-state index contributed by atoms with van der Waals surface area (Å²) >= 11 is 0. The fourth-order valence-electron chi connectivity index (χ4n) is 1.77. The van der Waals surface area contributed by atoms with Gasteiger partial charge in [-0.25, -0.2) is 9.97 Å². The van der Waals surface area contributed by atoms with Crippen LogP contribution in [0.2, 0.25) is 0 Å². The van der Waals surface area contributed by atoms with E-state index in [1.54, 1.807) is 0 Å². The van der Waals surface area contributed by atoms with Gasteiger partial charge in [-0.3, -0.25) is 4.79 Å². The Kier molecular flexibility index (Phi) is 3.99. The summed E-state index contributed by atoms with van der Waals surface area (Å²) in [7, 11) is 0. The van der Waals surface area contributed by atoms with Gasteiger partial charge in [0.15, 0.2) is 0 Å². The molecule has 0 aromatic carbocycles. The van der Waals surface area contributed by atoms with Gasteiger partial charge in [0, 0.05) is 5.56 Å². The van der Waals surface area contributed by atoms with Crippen molar-refractivity contribution in [3.8, 4) is 0 Å². The minimum atomic E-state index is -0.835. The van der Waals surface area contributed by atoms with Crippen LogP contribution in [0.3, 0.4) is 0 Å². The average molecular weight is 222 g/mol. The number of carbonyl (C=O) groups is 1. The van der Waals surface area contributed by atoms with Crippen LogP contribution in [0.25, 0.3) is 0 Å². The summed E-state index contributed by atoms with van der Waals surface area (Å²) in [6.07, 6.45) is 1.53. The van der Waals surface area contributed by atoms with Crippen molar-refractivity contribution in [3.05, 3.63) is 23.3 Å². The highest BCUT2D eigenvalue weighted by Gasteiger charge is 2.18. The summed E-state index contributed by atoms with van der Waals surface area (Å²) in [6.45, 7) is 8.05. The van der Waals surface area contributed by atoms with Crippen LogP contribution in [0, 0.1) is 0 Å². The molecular formula is C12H18N2O2. The van der Waals surface area contributed by atoms with Gasteiger partial charge in [-0.2, -0.15) is 0 Å². The number of carboxylic acids is 1. The Hall–Kier alpha value is -1.45. The van der Waals surface area contributed by atoms with Crippen molar-refractivity contribution in [1.29, 1.82) is 0 Å². The molecule has 0 unspecified atom stereocenters. The van der Waals surface area contributed by atoms with Crippen molar-refractivity contribution in [2.75, 3.05) is 0 Å². The molecule has 0 aliphatic rings. The molecule has 0 aliphatic heterocycles. The van der Waals surface area contributed by atoms with Crippen LogP contribution in [-0.4, -0.2) is 21.0 Å². The number of hydrogen-bond acceptors (Lipinski definition) is 3. The van der Waals surface area contributed by atoms with Gasteiger partial charge in [0.05, 0.1) is 17.8 Å². The van der Waals surface area contributed by atoms with Crippen molar-refractivity contribution in [1.82, 2.24) is 9.97 Å². The number of rotatable bonds is 4. The molecule has 1 aromatic rings. The van der Waals surface area contributed by atoms with E-state index in [4.69, 9.17) is 5.11 Å². The minimum absolute atomic E-state index is 0.00185. The summed E-state index contributed by atoms with van der Waals surface area (Å²) in [5.41, 5.74) is 2.47. The number of hydrogen-bond donors (Lipinski definition) is 1. The van der Waals surface area contributed by atoms with E-state index in [0.717, 1.165) is 17.0 Å². The molecule has 1 heterocycles. The van der Waals surface area contributed by atoms with Gasteiger partial charge >= 0.3 is 5.97 Å². The summed E-state index contributed by atoms with van der Waals surface area (Å²) < 4.78 is 0. The highest BCUT2D eigenvalue weighted by atomic mass is 16.4. The Labute approximate surface area is 95.7 Å². The molecule has 0 amide bonds. The molecule has 0 radical (unpaired) electrons. The Morgan fingerprint density at radius 3 is 1.94 bits per heavy atom. The van der Waals surface area contributed by atoms with Gasteiger partial charge in [0.1, 0.15) is 6.33 Å². The maximum atomic E-state index is 10.9. The Morgan fingerprint density at radius 1 is 1.19 bits per heavy atom. The van der Waals surface area contributed by atoms with Crippen LogP contribution in [0.1, 0.15) is 56.5 Å². The number of aliphatic carboxylic acids is 1. The van der Waals surface area contributed by atoms with Gasteiger partial charge in [0.2, 0.25) is 0 Å². The first-order valence-corrected chi connectivity index (χ1v) is 5.49. The Morgan fingerprint density at radius 2 is 1.62 bits per heavy atom. The molecular weight excluding hydrogens is 204 g/mol. The molecule has 88 valence electrons. The molecule has 16 heavy (non-hydrogen) atoms. The summed E-state index contributed by atoms with van der Waals surface area (Å²) in [5, 5.41) is 8.92. The zero-order chi connectivity index (χ0) is 12.3. The smallest absolute Gasteiger partial charge is 0.307 e. The average Bonchev–Trinajstić information content (AvgIpc) is 2.16. The topological polar surface area (TPSA) is 63.1 Å². The molecule has 4 nitrogen and oxygen atoms in total. The minimum Gasteiger partial charge on any atom is -0.481 e. The Bertz CT molecular complexity index is 360. The van der Waals surface area contributed by atoms with E-state index in [0.29, 0.717) is 0 Å². The molecule has 0 fully saturated rings. The fourth-order valence-corrected chi connectivity index (χ4v) is 1.77. The monoisotopic (exact) mass is 222 g/mol. The van der Waals surface area contributed by atoms with Gasteiger partial charge in [0.25, 0.3) is 0 Å². The van der Waals surface area contributed by atoms with Crippen LogP contribution < -0.4 is 0 Å². The van der Waals surface area contributed by atoms with Gasteiger partial charge in [-0.15, -0.1) is 0 Å². The first-order chi connectivity index (χ1) is 7.43. The van der Waals surface area contributed by atoms with E-state index in [-0.39, 0.29) is 18.3 Å². The number of aromatic nitrogens is 2. The normalized spacial score (nSPS) is 11.1. The van der Waals surface area contributed by atoms with Crippen LogP contribution in [-0.2, 0) is 11.2 Å².